The summed E-state index contributed by atoms with van der Waals surface area (Å²) in [5, 5.41) is 21.5. The van der Waals surface area contributed by atoms with E-state index in [1.165, 1.54) is 0 Å². The number of carbonyl (C=O) groups excluding carboxylic acids is 1. The standard InChI is InChI=1S/C17H28N4O3/c1-11-8-9-14(24-11)16(22)18-12-6-4-5-7-13(12)21-10-15(19-20-21)17(2,3)23/h10-14,23H,4-9H2,1-3H3,(H,18,22)/t11-,12+,13-,14+/m1/s1. The summed E-state index contributed by atoms with van der Waals surface area (Å²) in [6.45, 7) is 5.39. The molecule has 134 valence electrons. The van der Waals surface area contributed by atoms with Crippen LogP contribution in [-0.2, 0) is 15.1 Å². The topological polar surface area (TPSA) is 89.3 Å². The predicted octanol–water partition coefficient (Wildman–Crippen LogP) is 1.67. The second-order valence-electron chi connectivity index (χ2n) is 7.62. The number of nitrogens with zero attached hydrogens (tertiary/aromatic N) is 3. The lowest BCUT2D eigenvalue weighted by Crippen LogP contribution is -2.47. The minimum atomic E-state index is -1.01. The molecule has 1 aliphatic heterocycles. The first kappa shape index (κ1) is 17.4. The number of ether oxygens (including phenoxy) is 1. The molecule has 2 fully saturated rings. The van der Waals surface area contributed by atoms with E-state index < -0.39 is 5.60 Å². The molecule has 1 aromatic heterocycles. The van der Waals surface area contributed by atoms with E-state index in [0.717, 1.165) is 38.5 Å². The van der Waals surface area contributed by atoms with Gasteiger partial charge in [0.15, 0.2) is 0 Å². The Balaban J connectivity index is 1.69. The van der Waals surface area contributed by atoms with Gasteiger partial charge in [0, 0.05) is 0 Å². The van der Waals surface area contributed by atoms with Gasteiger partial charge in [0.1, 0.15) is 17.4 Å². The normalized spacial score (nSPS) is 31.2. The minimum Gasteiger partial charge on any atom is -0.384 e. The first-order valence-electron chi connectivity index (χ1n) is 8.95. The number of amides is 1. The van der Waals surface area contributed by atoms with Gasteiger partial charge in [0.2, 0.25) is 5.91 Å². The molecule has 0 unspecified atom stereocenters. The number of nitrogens with one attached hydrogen (secondary N) is 1. The van der Waals surface area contributed by atoms with Crippen molar-refractivity contribution in [3.8, 4) is 0 Å². The lowest BCUT2D eigenvalue weighted by atomic mass is 9.90. The summed E-state index contributed by atoms with van der Waals surface area (Å²) in [4.78, 5) is 12.5. The number of aliphatic hydroxyl groups is 1. The molecule has 1 saturated heterocycles. The highest BCUT2D eigenvalue weighted by Gasteiger charge is 2.34. The van der Waals surface area contributed by atoms with Gasteiger partial charge in [-0.25, -0.2) is 4.68 Å². The molecule has 1 saturated carbocycles. The Morgan fingerprint density at radius 1 is 1.33 bits per heavy atom. The summed E-state index contributed by atoms with van der Waals surface area (Å²) in [6, 6.07) is 0.104. The van der Waals surface area contributed by atoms with Gasteiger partial charge in [-0.05, 0) is 46.5 Å². The quantitative estimate of drug-likeness (QED) is 0.873. The molecule has 0 bridgehead atoms. The third-order valence-electron chi connectivity index (χ3n) is 5.06. The zero-order valence-electron chi connectivity index (χ0n) is 14.7. The lowest BCUT2D eigenvalue weighted by Gasteiger charge is -2.32. The first-order valence-corrected chi connectivity index (χ1v) is 8.95. The fraction of sp³-hybridized carbons (Fsp3) is 0.824. The van der Waals surface area contributed by atoms with Crippen LogP contribution in [0.3, 0.4) is 0 Å². The largest absolute Gasteiger partial charge is 0.384 e. The summed E-state index contributed by atoms with van der Waals surface area (Å²) in [5.74, 6) is -0.0147. The molecule has 2 aliphatic rings. The molecule has 0 spiro atoms. The summed E-state index contributed by atoms with van der Waals surface area (Å²) in [5.41, 5.74) is -0.467. The SMILES string of the molecule is C[C@@H]1CC[C@@H](C(=O)N[C@H]2CCCC[C@H]2n2cc(C(C)(C)O)nn2)O1. The fourth-order valence-corrected chi connectivity index (χ4v) is 3.59. The van der Waals surface area contributed by atoms with E-state index in [4.69, 9.17) is 4.74 Å². The van der Waals surface area contributed by atoms with Crippen molar-refractivity contribution in [1.82, 2.24) is 20.3 Å². The second-order valence-corrected chi connectivity index (χ2v) is 7.62. The highest BCUT2D eigenvalue weighted by atomic mass is 16.5. The van der Waals surface area contributed by atoms with Crippen LogP contribution in [-0.4, -0.2) is 44.3 Å². The van der Waals surface area contributed by atoms with Crippen LogP contribution >= 0.6 is 0 Å². The van der Waals surface area contributed by atoms with E-state index in [1.54, 1.807) is 24.7 Å². The average Bonchev–Trinajstić information content (AvgIpc) is 3.16. The summed E-state index contributed by atoms with van der Waals surface area (Å²) in [6.07, 6.45) is 7.42. The van der Waals surface area contributed by atoms with Gasteiger partial charge in [-0.2, -0.15) is 0 Å². The van der Waals surface area contributed by atoms with Crippen molar-refractivity contribution >= 4 is 5.91 Å². The Kier molecular flexibility index (Phi) is 4.92. The van der Waals surface area contributed by atoms with Gasteiger partial charge < -0.3 is 15.2 Å². The molecule has 1 aromatic rings. The van der Waals surface area contributed by atoms with Crippen LogP contribution in [0.1, 0.15) is 71.0 Å². The van der Waals surface area contributed by atoms with Crippen LogP contribution in [0.4, 0.5) is 0 Å². The fourth-order valence-electron chi connectivity index (χ4n) is 3.59. The Morgan fingerprint density at radius 2 is 2.08 bits per heavy atom. The van der Waals surface area contributed by atoms with Gasteiger partial charge in [-0.3, -0.25) is 4.79 Å². The third-order valence-corrected chi connectivity index (χ3v) is 5.06. The van der Waals surface area contributed by atoms with Crippen molar-refractivity contribution in [1.29, 1.82) is 0 Å². The highest BCUT2D eigenvalue weighted by Crippen LogP contribution is 2.30. The molecule has 2 N–H and O–H groups in total. The van der Waals surface area contributed by atoms with E-state index in [0.29, 0.717) is 5.69 Å². The van der Waals surface area contributed by atoms with E-state index in [1.807, 2.05) is 6.92 Å². The molecule has 0 radical (unpaired) electrons. The molecular weight excluding hydrogens is 308 g/mol. The van der Waals surface area contributed by atoms with Crippen molar-refractivity contribution in [2.75, 3.05) is 0 Å². The van der Waals surface area contributed by atoms with Gasteiger partial charge in [-0.15, -0.1) is 5.10 Å². The van der Waals surface area contributed by atoms with Crippen molar-refractivity contribution in [3.05, 3.63) is 11.9 Å². The van der Waals surface area contributed by atoms with Crippen LogP contribution in [0.15, 0.2) is 6.20 Å². The van der Waals surface area contributed by atoms with Gasteiger partial charge in [0.05, 0.1) is 24.4 Å². The van der Waals surface area contributed by atoms with Crippen LogP contribution < -0.4 is 5.32 Å². The Morgan fingerprint density at radius 3 is 2.71 bits per heavy atom. The van der Waals surface area contributed by atoms with Gasteiger partial charge >= 0.3 is 0 Å². The maximum absolute atomic E-state index is 12.5. The zero-order chi connectivity index (χ0) is 17.3. The molecule has 7 heteroatoms. The summed E-state index contributed by atoms with van der Waals surface area (Å²) >= 11 is 0. The van der Waals surface area contributed by atoms with Crippen LogP contribution in [0, 0.1) is 0 Å². The van der Waals surface area contributed by atoms with Gasteiger partial charge in [-0.1, -0.05) is 18.1 Å². The number of rotatable bonds is 4. The maximum atomic E-state index is 12.5. The minimum absolute atomic E-state index is 0.0147. The van der Waals surface area contributed by atoms with Crippen molar-refractivity contribution in [2.45, 2.75) is 89.2 Å². The lowest BCUT2D eigenvalue weighted by molar-refractivity contribution is -0.133. The van der Waals surface area contributed by atoms with Crippen LogP contribution in [0.5, 0.6) is 0 Å². The summed E-state index contributed by atoms with van der Waals surface area (Å²) < 4.78 is 7.48. The second kappa shape index (κ2) is 6.80. The van der Waals surface area contributed by atoms with Crippen LogP contribution in [0.2, 0.25) is 0 Å². The van der Waals surface area contributed by atoms with Gasteiger partial charge in [0.25, 0.3) is 0 Å². The van der Waals surface area contributed by atoms with E-state index in [2.05, 4.69) is 15.6 Å². The zero-order valence-corrected chi connectivity index (χ0v) is 14.7. The van der Waals surface area contributed by atoms with Crippen molar-refractivity contribution < 1.29 is 14.6 Å². The van der Waals surface area contributed by atoms with E-state index in [9.17, 15) is 9.90 Å². The molecule has 1 amide bonds. The molecule has 3 rings (SSSR count). The molecular formula is C17H28N4O3. The molecule has 7 nitrogen and oxygen atoms in total. The van der Waals surface area contributed by atoms with Crippen molar-refractivity contribution in [3.63, 3.8) is 0 Å². The number of carbonyl (C=O) groups is 1. The van der Waals surface area contributed by atoms with Crippen molar-refractivity contribution in [2.24, 2.45) is 0 Å². The Bertz CT molecular complexity index is 581. The monoisotopic (exact) mass is 336 g/mol. The molecule has 24 heavy (non-hydrogen) atoms. The molecule has 1 aliphatic carbocycles. The average molecular weight is 336 g/mol. The Labute approximate surface area is 142 Å². The maximum Gasteiger partial charge on any atom is 0.249 e. The Hall–Kier alpha value is -1.47. The smallest absolute Gasteiger partial charge is 0.249 e. The molecule has 4 atom stereocenters. The predicted molar refractivity (Wildman–Crippen MR) is 88.3 cm³/mol. The first-order chi connectivity index (χ1) is 11.3. The number of hydrogen-bond acceptors (Lipinski definition) is 5. The summed E-state index contributed by atoms with van der Waals surface area (Å²) in [7, 11) is 0. The highest BCUT2D eigenvalue weighted by molar-refractivity contribution is 5.81. The number of hydrogen-bond donors (Lipinski definition) is 2. The van der Waals surface area contributed by atoms with Crippen LogP contribution in [0.25, 0.3) is 0 Å². The van der Waals surface area contributed by atoms with E-state index >= 15 is 0 Å². The number of aromatic nitrogens is 3. The molecule has 2 heterocycles. The molecule has 0 aromatic carbocycles. The van der Waals surface area contributed by atoms with E-state index in [-0.39, 0.29) is 30.2 Å². The third kappa shape index (κ3) is 3.78.